The number of nitrogens with zero attached hydrogens (tertiary/aromatic N) is 6. The molecule has 49 heavy (non-hydrogen) atoms. The molecule has 14 heteroatoms. The van der Waals surface area contributed by atoms with Crippen molar-refractivity contribution in [3.05, 3.63) is 58.2 Å². The van der Waals surface area contributed by atoms with Gasteiger partial charge in [-0.25, -0.2) is 9.59 Å². The van der Waals surface area contributed by atoms with Gasteiger partial charge < -0.3 is 30.2 Å². The lowest BCUT2D eigenvalue weighted by Crippen LogP contribution is -2.58. The molecule has 4 aliphatic heterocycles. The third kappa shape index (κ3) is 7.87. The van der Waals surface area contributed by atoms with Gasteiger partial charge in [0.2, 0.25) is 5.91 Å². The summed E-state index contributed by atoms with van der Waals surface area (Å²) >= 11 is 3.62. The maximum absolute atomic E-state index is 14.1. The second-order valence-corrected chi connectivity index (χ2v) is 14.6. The van der Waals surface area contributed by atoms with Crippen molar-refractivity contribution in [3.8, 4) is 0 Å². The molecule has 262 valence electrons. The molecule has 1 unspecified atom stereocenters. The van der Waals surface area contributed by atoms with E-state index in [-0.39, 0.29) is 18.0 Å². The van der Waals surface area contributed by atoms with Gasteiger partial charge in [0, 0.05) is 79.9 Å². The molecule has 3 N–H and O–H groups in total. The summed E-state index contributed by atoms with van der Waals surface area (Å²) in [5, 5.41) is 15.7. The van der Waals surface area contributed by atoms with Crippen molar-refractivity contribution < 1.29 is 19.2 Å². The number of piperazine rings is 1. The quantitative estimate of drug-likeness (QED) is 0.336. The molecule has 3 saturated heterocycles. The lowest BCUT2D eigenvalue weighted by Gasteiger charge is -2.42. The van der Waals surface area contributed by atoms with Crippen LogP contribution in [0, 0.1) is 0 Å². The van der Waals surface area contributed by atoms with E-state index in [2.05, 4.69) is 59.7 Å². The van der Waals surface area contributed by atoms with Crippen LogP contribution in [-0.2, 0) is 22.5 Å². The number of para-hydroxylation sites is 1. The van der Waals surface area contributed by atoms with Crippen molar-refractivity contribution in [3.63, 3.8) is 0 Å². The molecule has 1 aromatic heterocycles. The van der Waals surface area contributed by atoms with Gasteiger partial charge in [0.25, 0.3) is 0 Å². The van der Waals surface area contributed by atoms with Crippen molar-refractivity contribution in [1.29, 1.82) is 0 Å². The zero-order valence-electron chi connectivity index (χ0n) is 28.1. The molecule has 0 aliphatic carbocycles. The van der Waals surface area contributed by atoms with Crippen LogP contribution in [-0.4, -0.2) is 137 Å². The van der Waals surface area contributed by atoms with Crippen molar-refractivity contribution in [2.45, 2.75) is 56.7 Å². The Labute approximate surface area is 295 Å². The first-order valence-corrected chi connectivity index (χ1v) is 18.3. The highest BCUT2D eigenvalue weighted by Gasteiger charge is 2.34. The fourth-order valence-corrected chi connectivity index (χ4v) is 8.39. The number of H-pyrrole nitrogens is 1. The van der Waals surface area contributed by atoms with E-state index in [1.807, 2.05) is 40.1 Å². The van der Waals surface area contributed by atoms with Crippen molar-refractivity contribution >= 4 is 50.6 Å². The molecule has 0 spiro atoms. The largest absolute Gasteiger partial charge is 0.426 e. The van der Waals surface area contributed by atoms with Gasteiger partial charge in [0.1, 0.15) is 6.04 Å². The monoisotopic (exact) mass is 735 g/mol. The lowest BCUT2D eigenvalue weighted by molar-refractivity contribution is -0.138. The van der Waals surface area contributed by atoms with Gasteiger partial charge >= 0.3 is 12.1 Å². The van der Waals surface area contributed by atoms with E-state index in [1.54, 1.807) is 11.3 Å². The number of nitrogens with one attached hydrogen (secondary N) is 3. The highest BCUT2D eigenvalue weighted by atomic mass is 79.9. The normalized spacial score (nSPS) is 21.2. The predicted octanol–water partition coefficient (Wildman–Crippen LogP) is 3.67. The van der Waals surface area contributed by atoms with Crippen LogP contribution < -0.4 is 10.6 Å². The second-order valence-electron chi connectivity index (χ2n) is 13.8. The summed E-state index contributed by atoms with van der Waals surface area (Å²) in [4.78, 5) is 54.9. The number of fused-ring (bicyclic) bond motifs is 2. The number of likely N-dealkylation sites (tertiary alicyclic amines) is 1. The molecule has 0 radical (unpaired) electrons. The summed E-state index contributed by atoms with van der Waals surface area (Å²) < 4.78 is 0.850. The number of hydrogen-bond acceptors (Lipinski definition) is 8. The number of anilines is 1. The number of hydroxylamine groups is 2. The highest BCUT2D eigenvalue weighted by molar-refractivity contribution is 9.10. The minimum absolute atomic E-state index is 0.0519. The van der Waals surface area contributed by atoms with Crippen LogP contribution in [0.15, 0.2) is 47.1 Å². The molecule has 5 heterocycles. The molecule has 4 aliphatic rings. The summed E-state index contributed by atoms with van der Waals surface area (Å²) in [5.74, 6) is -0.102. The Balaban J connectivity index is 0.964. The molecule has 3 fully saturated rings. The number of benzene rings is 2. The Kier molecular flexibility index (Phi) is 10.4. The summed E-state index contributed by atoms with van der Waals surface area (Å²) in [6.45, 7) is 6.78. The fourth-order valence-electron chi connectivity index (χ4n) is 7.78. The van der Waals surface area contributed by atoms with Crippen LogP contribution in [0.4, 0.5) is 15.3 Å². The third-order valence-corrected chi connectivity index (χ3v) is 11.3. The number of carbonyl (C=O) groups excluding carboxylic acids is 3. The molecule has 2 aromatic carbocycles. The lowest BCUT2D eigenvalue weighted by atomic mass is 10.0. The molecule has 0 bridgehead atoms. The molecule has 13 nitrogen and oxygen atoms in total. The van der Waals surface area contributed by atoms with Gasteiger partial charge in [-0.15, -0.1) is 5.06 Å². The Morgan fingerprint density at radius 1 is 0.980 bits per heavy atom. The summed E-state index contributed by atoms with van der Waals surface area (Å²) in [6.07, 6.45) is 5.89. The number of piperidine rings is 2. The number of rotatable bonds is 7. The average molecular weight is 737 g/mol. The number of halogens is 1. The Morgan fingerprint density at radius 2 is 1.71 bits per heavy atom. The van der Waals surface area contributed by atoms with Crippen LogP contribution in [0.1, 0.15) is 36.8 Å². The number of urea groups is 1. The zero-order chi connectivity index (χ0) is 33.9. The SMILES string of the molecule is CN1CCC(N2CCN(C(=O)C(Cc3cc(Br)c4[nH]ncc4c3)NC(=O)ON3CCC(N4CCc5ccccc5NC4=O)CC3)CC2)CC1. The van der Waals surface area contributed by atoms with Gasteiger partial charge in [-0.1, -0.05) is 18.2 Å². The van der Waals surface area contributed by atoms with Crippen molar-refractivity contribution in [1.82, 2.24) is 40.2 Å². The first-order chi connectivity index (χ1) is 23.8. The molecule has 4 amide bonds. The topological polar surface area (TPSA) is 129 Å². The van der Waals surface area contributed by atoms with Crippen LogP contribution >= 0.6 is 15.9 Å². The fraction of sp³-hybridized carbons (Fsp3) is 0.543. The van der Waals surface area contributed by atoms with Crippen LogP contribution in [0.5, 0.6) is 0 Å². The van der Waals surface area contributed by atoms with Crippen molar-refractivity contribution in [2.75, 3.05) is 71.3 Å². The Morgan fingerprint density at radius 3 is 2.49 bits per heavy atom. The van der Waals surface area contributed by atoms with Crippen LogP contribution in [0.3, 0.4) is 0 Å². The van der Waals surface area contributed by atoms with E-state index in [0.29, 0.717) is 58.0 Å². The average Bonchev–Trinajstić information content (AvgIpc) is 3.52. The van der Waals surface area contributed by atoms with Gasteiger partial charge in [-0.3, -0.25) is 14.8 Å². The highest BCUT2D eigenvalue weighted by Crippen LogP contribution is 2.27. The van der Waals surface area contributed by atoms with E-state index < -0.39 is 12.1 Å². The van der Waals surface area contributed by atoms with Gasteiger partial charge in [-0.05, 0) is 97.5 Å². The molecular formula is C35H46BrN9O4. The van der Waals surface area contributed by atoms with E-state index in [4.69, 9.17) is 4.84 Å². The Bertz CT molecular complexity index is 1640. The number of aromatic nitrogens is 2. The Hall–Kier alpha value is -3.72. The van der Waals surface area contributed by atoms with E-state index in [0.717, 1.165) is 77.6 Å². The zero-order valence-corrected chi connectivity index (χ0v) is 29.7. The minimum atomic E-state index is -0.793. The smallest absolute Gasteiger partial charge is 0.351 e. The predicted molar refractivity (Wildman–Crippen MR) is 190 cm³/mol. The number of hydrogen-bond donors (Lipinski definition) is 3. The van der Waals surface area contributed by atoms with E-state index >= 15 is 0 Å². The van der Waals surface area contributed by atoms with Gasteiger partial charge in [0.15, 0.2) is 0 Å². The summed E-state index contributed by atoms with van der Waals surface area (Å²) in [7, 11) is 2.17. The summed E-state index contributed by atoms with van der Waals surface area (Å²) in [5.41, 5.74) is 3.79. The minimum Gasteiger partial charge on any atom is -0.351 e. The van der Waals surface area contributed by atoms with E-state index in [9.17, 15) is 14.4 Å². The maximum Gasteiger partial charge on any atom is 0.426 e. The number of aromatic amines is 1. The maximum atomic E-state index is 14.1. The van der Waals surface area contributed by atoms with Gasteiger partial charge in [0.05, 0.1) is 11.7 Å². The van der Waals surface area contributed by atoms with E-state index in [1.165, 1.54) is 0 Å². The molecule has 3 aromatic rings. The third-order valence-electron chi connectivity index (χ3n) is 10.6. The number of carbonyl (C=O) groups is 3. The van der Waals surface area contributed by atoms with Crippen LogP contribution in [0.2, 0.25) is 0 Å². The number of amides is 4. The first-order valence-electron chi connectivity index (χ1n) is 17.5. The standard InChI is InChI=1S/C35H46BrN9O4/c1-41-11-7-27(8-12-41)42-16-18-43(19-17-42)33(46)31(22-24-20-26-23-37-40-32(26)29(36)21-24)39-35(48)49-44-13-9-28(10-14-44)45-15-6-25-4-2-3-5-30(25)38-34(45)47/h2-5,20-21,23,27-28,31H,6-19,22H2,1H3,(H,37,40)(H,38,47)(H,39,48). The molecule has 0 saturated carbocycles. The first kappa shape index (κ1) is 33.8. The molecular weight excluding hydrogens is 690 g/mol. The second kappa shape index (κ2) is 15.0. The molecule has 1 atom stereocenters. The van der Waals surface area contributed by atoms with Crippen molar-refractivity contribution in [2.24, 2.45) is 0 Å². The van der Waals surface area contributed by atoms with Gasteiger partial charge in [-0.2, -0.15) is 5.10 Å². The summed E-state index contributed by atoms with van der Waals surface area (Å²) in [6, 6.07) is 11.6. The molecule has 7 rings (SSSR count). The van der Waals surface area contributed by atoms with Crippen LogP contribution in [0.25, 0.3) is 10.9 Å².